The predicted octanol–water partition coefficient (Wildman–Crippen LogP) is 2.92. The number of benzene rings is 1. The molecule has 0 aliphatic rings. The van der Waals surface area contributed by atoms with Gasteiger partial charge < -0.3 is 4.79 Å². The summed E-state index contributed by atoms with van der Waals surface area (Å²) in [5.41, 5.74) is 0.757. The van der Waals surface area contributed by atoms with Gasteiger partial charge in [-0.05, 0) is 19.4 Å². The molecule has 0 saturated heterocycles. The zero-order valence-corrected chi connectivity index (χ0v) is 8.03. The van der Waals surface area contributed by atoms with E-state index in [1.165, 1.54) is 0 Å². The van der Waals surface area contributed by atoms with Gasteiger partial charge in [0.25, 0.3) is 0 Å². The number of carbonyl (C=O) groups excluding carboxylic acids is 1. The first-order chi connectivity index (χ1) is 6.14. The molecule has 0 aliphatic heterocycles. The fourth-order valence-corrected chi connectivity index (χ4v) is 0.914. The van der Waals surface area contributed by atoms with E-state index in [1.54, 1.807) is 0 Å². The van der Waals surface area contributed by atoms with Crippen LogP contribution in [0.4, 0.5) is 0 Å². The molecule has 1 aromatic rings. The SMILES string of the molecule is CC(C)(C=O)/C=C/c1ccccc1. The Morgan fingerprint density at radius 2 is 1.77 bits per heavy atom. The lowest BCUT2D eigenvalue weighted by atomic mass is 9.94. The van der Waals surface area contributed by atoms with Crippen LogP contribution in [0.15, 0.2) is 36.4 Å². The van der Waals surface area contributed by atoms with Gasteiger partial charge in [-0.25, -0.2) is 0 Å². The lowest BCUT2D eigenvalue weighted by Gasteiger charge is -2.09. The molecular weight excluding hydrogens is 160 g/mol. The molecule has 1 aromatic carbocycles. The van der Waals surface area contributed by atoms with Crippen molar-refractivity contribution in [1.82, 2.24) is 0 Å². The van der Waals surface area contributed by atoms with Crippen molar-refractivity contribution in [2.45, 2.75) is 13.8 Å². The Kier molecular flexibility index (Phi) is 3.02. The molecule has 0 atom stereocenters. The van der Waals surface area contributed by atoms with Gasteiger partial charge in [-0.3, -0.25) is 0 Å². The molecule has 0 bridgehead atoms. The van der Waals surface area contributed by atoms with E-state index in [2.05, 4.69) is 0 Å². The first-order valence-electron chi connectivity index (χ1n) is 4.35. The van der Waals surface area contributed by atoms with Crippen molar-refractivity contribution in [1.29, 1.82) is 0 Å². The van der Waals surface area contributed by atoms with Crippen LogP contribution >= 0.6 is 0 Å². The Balaban J connectivity index is 2.75. The Morgan fingerprint density at radius 1 is 1.15 bits per heavy atom. The van der Waals surface area contributed by atoms with E-state index in [9.17, 15) is 4.79 Å². The minimum atomic E-state index is -0.365. The zero-order valence-electron chi connectivity index (χ0n) is 8.03. The van der Waals surface area contributed by atoms with Crippen LogP contribution in [-0.4, -0.2) is 6.29 Å². The normalized spacial score (nSPS) is 11.8. The Bertz CT molecular complexity index is 296. The smallest absolute Gasteiger partial charge is 0.129 e. The van der Waals surface area contributed by atoms with Crippen molar-refractivity contribution >= 4 is 12.4 Å². The third kappa shape index (κ3) is 3.24. The molecule has 1 nitrogen and oxygen atoms in total. The highest BCUT2D eigenvalue weighted by Crippen LogP contribution is 2.15. The second kappa shape index (κ2) is 4.04. The molecule has 0 spiro atoms. The van der Waals surface area contributed by atoms with Crippen LogP contribution in [-0.2, 0) is 4.79 Å². The maximum atomic E-state index is 10.6. The summed E-state index contributed by atoms with van der Waals surface area (Å²) < 4.78 is 0. The van der Waals surface area contributed by atoms with Crippen molar-refractivity contribution < 1.29 is 4.79 Å². The van der Waals surface area contributed by atoms with Gasteiger partial charge >= 0.3 is 0 Å². The van der Waals surface area contributed by atoms with Crippen molar-refractivity contribution in [3.63, 3.8) is 0 Å². The quantitative estimate of drug-likeness (QED) is 0.644. The fourth-order valence-electron chi connectivity index (χ4n) is 0.914. The molecule has 1 rings (SSSR count). The molecule has 13 heavy (non-hydrogen) atoms. The van der Waals surface area contributed by atoms with E-state index in [-0.39, 0.29) is 5.41 Å². The summed E-state index contributed by atoms with van der Waals surface area (Å²) in [5, 5.41) is 0. The second-order valence-electron chi connectivity index (χ2n) is 3.68. The fraction of sp³-hybridized carbons (Fsp3) is 0.250. The molecule has 0 heterocycles. The molecule has 0 aliphatic carbocycles. The number of hydrogen-bond donors (Lipinski definition) is 0. The van der Waals surface area contributed by atoms with E-state index in [4.69, 9.17) is 0 Å². The molecular formula is C12H14O. The topological polar surface area (TPSA) is 17.1 Å². The molecule has 0 saturated carbocycles. The lowest BCUT2D eigenvalue weighted by molar-refractivity contribution is -0.112. The van der Waals surface area contributed by atoms with Crippen molar-refractivity contribution in [2.24, 2.45) is 5.41 Å². The van der Waals surface area contributed by atoms with Crippen LogP contribution in [0.5, 0.6) is 0 Å². The zero-order chi connectivity index (χ0) is 9.73. The van der Waals surface area contributed by atoms with E-state index < -0.39 is 0 Å². The summed E-state index contributed by atoms with van der Waals surface area (Å²) in [6, 6.07) is 9.96. The van der Waals surface area contributed by atoms with Crippen molar-refractivity contribution in [2.75, 3.05) is 0 Å². The molecule has 0 aromatic heterocycles. The van der Waals surface area contributed by atoms with Gasteiger partial charge in [0.1, 0.15) is 6.29 Å². The van der Waals surface area contributed by atoms with Gasteiger partial charge in [0, 0.05) is 5.41 Å². The Morgan fingerprint density at radius 3 is 2.31 bits per heavy atom. The Labute approximate surface area is 79.1 Å². The van der Waals surface area contributed by atoms with E-state index in [1.807, 2.05) is 56.3 Å². The van der Waals surface area contributed by atoms with Crippen LogP contribution in [0, 0.1) is 5.41 Å². The van der Waals surface area contributed by atoms with Gasteiger partial charge in [-0.1, -0.05) is 42.5 Å². The van der Waals surface area contributed by atoms with E-state index in [0.29, 0.717) is 0 Å². The highest BCUT2D eigenvalue weighted by Gasteiger charge is 2.10. The number of hydrogen-bond acceptors (Lipinski definition) is 1. The first kappa shape index (κ1) is 9.72. The predicted molar refractivity (Wildman–Crippen MR) is 55.3 cm³/mol. The third-order valence-electron chi connectivity index (χ3n) is 1.81. The summed E-state index contributed by atoms with van der Waals surface area (Å²) >= 11 is 0. The van der Waals surface area contributed by atoms with Crippen LogP contribution < -0.4 is 0 Å². The number of allylic oxidation sites excluding steroid dienone is 1. The van der Waals surface area contributed by atoms with Crippen molar-refractivity contribution in [3.8, 4) is 0 Å². The summed E-state index contributed by atoms with van der Waals surface area (Å²) in [4.78, 5) is 10.6. The van der Waals surface area contributed by atoms with E-state index >= 15 is 0 Å². The van der Waals surface area contributed by atoms with Gasteiger partial charge in [0.2, 0.25) is 0 Å². The number of aldehydes is 1. The summed E-state index contributed by atoms with van der Waals surface area (Å²) in [5.74, 6) is 0. The van der Waals surface area contributed by atoms with Crippen LogP contribution in [0.25, 0.3) is 6.08 Å². The standard InChI is InChI=1S/C12H14O/c1-12(2,10-13)9-8-11-6-4-3-5-7-11/h3-10H,1-2H3/b9-8+. The van der Waals surface area contributed by atoms with Gasteiger partial charge in [0.05, 0.1) is 0 Å². The highest BCUT2D eigenvalue weighted by molar-refractivity contribution is 5.65. The molecule has 0 fully saturated rings. The highest BCUT2D eigenvalue weighted by atomic mass is 16.1. The van der Waals surface area contributed by atoms with Crippen LogP contribution in [0.3, 0.4) is 0 Å². The number of carbonyl (C=O) groups is 1. The molecule has 0 N–H and O–H groups in total. The van der Waals surface area contributed by atoms with Gasteiger partial charge in [-0.15, -0.1) is 0 Å². The van der Waals surface area contributed by atoms with Crippen LogP contribution in [0.2, 0.25) is 0 Å². The summed E-state index contributed by atoms with van der Waals surface area (Å²) in [6.07, 6.45) is 4.83. The first-order valence-corrected chi connectivity index (χ1v) is 4.35. The summed E-state index contributed by atoms with van der Waals surface area (Å²) in [6.45, 7) is 3.78. The molecule has 0 amide bonds. The Hall–Kier alpha value is -1.37. The molecule has 1 heteroatoms. The molecule has 68 valence electrons. The maximum Gasteiger partial charge on any atom is 0.129 e. The van der Waals surface area contributed by atoms with Gasteiger partial charge in [0.15, 0.2) is 0 Å². The van der Waals surface area contributed by atoms with E-state index in [0.717, 1.165) is 11.8 Å². The minimum absolute atomic E-state index is 0.365. The molecule has 0 radical (unpaired) electrons. The number of rotatable bonds is 3. The largest absolute Gasteiger partial charge is 0.302 e. The van der Waals surface area contributed by atoms with Crippen molar-refractivity contribution in [3.05, 3.63) is 42.0 Å². The van der Waals surface area contributed by atoms with Crippen LogP contribution in [0.1, 0.15) is 19.4 Å². The maximum absolute atomic E-state index is 10.6. The summed E-state index contributed by atoms with van der Waals surface area (Å²) in [7, 11) is 0. The third-order valence-corrected chi connectivity index (χ3v) is 1.81. The van der Waals surface area contributed by atoms with Gasteiger partial charge in [-0.2, -0.15) is 0 Å². The average molecular weight is 174 g/mol. The monoisotopic (exact) mass is 174 g/mol. The second-order valence-corrected chi connectivity index (χ2v) is 3.68. The lowest BCUT2D eigenvalue weighted by Crippen LogP contribution is -2.07. The molecule has 0 unspecified atom stereocenters. The minimum Gasteiger partial charge on any atom is -0.302 e. The average Bonchev–Trinajstić information content (AvgIpc) is 2.17.